The summed E-state index contributed by atoms with van der Waals surface area (Å²) in [6, 6.07) is 6.99. The number of hydrogen-bond acceptors (Lipinski definition) is 8. The van der Waals surface area contributed by atoms with Crippen LogP contribution in [0.5, 0.6) is 0 Å². The number of ether oxygens (including phenoxy) is 1. The summed E-state index contributed by atoms with van der Waals surface area (Å²) in [7, 11) is -4.27. The number of hydrogen-bond donors (Lipinski definition) is 1. The highest BCUT2D eigenvalue weighted by Crippen LogP contribution is 2.37. The summed E-state index contributed by atoms with van der Waals surface area (Å²) in [6.07, 6.45) is -0.971. The minimum atomic E-state index is -4.27. The average molecular weight is 616 g/mol. The molecule has 2 heterocycles. The number of carbonyl (C=O) groups excluding carboxylic acids is 2. The Morgan fingerprint density at radius 2 is 1.95 bits per heavy atom. The van der Waals surface area contributed by atoms with Crippen molar-refractivity contribution in [3.63, 3.8) is 0 Å². The molecule has 0 aliphatic carbocycles. The Balaban J connectivity index is 1.84. The molecular weight excluding hydrogens is 595 g/mol. The number of nitrogens with zero attached hydrogens (tertiary/aromatic N) is 3. The third-order valence-corrected chi connectivity index (χ3v) is 7.54. The molecule has 37 heavy (non-hydrogen) atoms. The predicted molar refractivity (Wildman–Crippen MR) is 135 cm³/mol. The summed E-state index contributed by atoms with van der Waals surface area (Å²) in [4.78, 5) is 26.9. The molecule has 1 aliphatic heterocycles. The number of aromatic nitrogens is 2. The molecule has 10 nitrogen and oxygen atoms in total. The van der Waals surface area contributed by atoms with Gasteiger partial charge in [0.1, 0.15) is 17.5 Å². The first-order chi connectivity index (χ1) is 17.2. The molecule has 2 aromatic carbocycles. The lowest BCUT2D eigenvalue weighted by atomic mass is 10.1. The fourth-order valence-electron chi connectivity index (χ4n) is 3.66. The molecule has 196 valence electrons. The number of carbonyl (C=O) groups is 2. The van der Waals surface area contributed by atoms with Gasteiger partial charge >= 0.3 is 6.09 Å². The summed E-state index contributed by atoms with van der Waals surface area (Å²) >= 11 is 8.98. The van der Waals surface area contributed by atoms with Crippen LogP contribution in [0.4, 0.5) is 14.9 Å². The van der Waals surface area contributed by atoms with Crippen molar-refractivity contribution in [3.8, 4) is 11.5 Å². The highest BCUT2D eigenvalue weighted by atomic mass is 79.9. The number of rotatable bonds is 4. The SMILES string of the molecule is CC(C)(C)OC(=O)N[C@H]1CS(=O)(=O)c2cc(F)c(-c3nnc(Br)o3)cc2N(Cc2ccc(Cl)cc2)C1=O. The van der Waals surface area contributed by atoms with Crippen molar-refractivity contribution in [2.45, 2.75) is 43.9 Å². The lowest BCUT2D eigenvalue weighted by molar-refractivity contribution is -0.120. The molecule has 0 unspecified atom stereocenters. The Morgan fingerprint density at radius 3 is 2.54 bits per heavy atom. The molecule has 0 saturated carbocycles. The van der Waals surface area contributed by atoms with Crippen LogP contribution >= 0.6 is 27.5 Å². The van der Waals surface area contributed by atoms with Crippen molar-refractivity contribution in [1.29, 1.82) is 0 Å². The maximum atomic E-state index is 15.1. The van der Waals surface area contributed by atoms with Crippen LogP contribution < -0.4 is 10.2 Å². The molecule has 1 aliphatic rings. The Labute approximate surface area is 225 Å². The van der Waals surface area contributed by atoms with Crippen molar-refractivity contribution in [3.05, 3.63) is 57.6 Å². The molecule has 0 spiro atoms. The van der Waals surface area contributed by atoms with Gasteiger partial charge in [-0.2, -0.15) is 0 Å². The smallest absolute Gasteiger partial charge is 0.408 e. The van der Waals surface area contributed by atoms with Crippen LogP contribution in [-0.4, -0.2) is 48.0 Å². The van der Waals surface area contributed by atoms with Gasteiger partial charge in [0.25, 0.3) is 16.6 Å². The van der Waals surface area contributed by atoms with Gasteiger partial charge in [0.2, 0.25) is 0 Å². The van der Waals surface area contributed by atoms with Gasteiger partial charge in [0.05, 0.1) is 28.4 Å². The van der Waals surface area contributed by atoms with E-state index in [1.165, 1.54) is 0 Å². The van der Waals surface area contributed by atoms with E-state index in [-0.39, 0.29) is 28.5 Å². The van der Waals surface area contributed by atoms with Crippen molar-refractivity contribution in [1.82, 2.24) is 15.5 Å². The monoisotopic (exact) mass is 614 g/mol. The molecule has 0 saturated heterocycles. The van der Waals surface area contributed by atoms with E-state index < -0.39 is 49.9 Å². The van der Waals surface area contributed by atoms with E-state index in [1.807, 2.05) is 0 Å². The third-order valence-electron chi connectivity index (χ3n) is 5.20. The fraction of sp³-hybridized carbons (Fsp3) is 0.304. The zero-order valence-corrected chi connectivity index (χ0v) is 22.9. The molecule has 0 fully saturated rings. The minimum absolute atomic E-state index is 0.0137. The number of sulfone groups is 1. The van der Waals surface area contributed by atoms with Gasteiger partial charge in [-0.05, 0) is 50.6 Å². The first-order valence-corrected chi connectivity index (χ1v) is 13.7. The number of alkyl carbamates (subject to hydrolysis) is 1. The molecule has 3 aromatic rings. The number of amides is 2. The summed E-state index contributed by atoms with van der Waals surface area (Å²) in [5, 5.41) is 10.2. The molecule has 4 rings (SSSR count). The number of fused-ring (bicyclic) bond motifs is 1. The topological polar surface area (TPSA) is 132 Å². The second-order valence-corrected chi connectivity index (χ2v) is 12.3. The van der Waals surface area contributed by atoms with Crippen molar-refractivity contribution < 1.29 is 31.6 Å². The Kier molecular flexibility index (Phi) is 7.32. The Hall–Kier alpha value is -3.03. The van der Waals surface area contributed by atoms with Gasteiger partial charge in [0.15, 0.2) is 9.84 Å². The zero-order valence-electron chi connectivity index (χ0n) is 19.8. The fourth-order valence-corrected chi connectivity index (χ4v) is 5.63. The van der Waals surface area contributed by atoms with Gasteiger partial charge in [0, 0.05) is 21.0 Å². The van der Waals surface area contributed by atoms with Crippen LogP contribution in [0.25, 0.3) is 11.5 Å². The highest BCUT2D eigenvalue weighted by Gasteiger charge is 2.40. The van der Waals surface area contributed by atoms with Gasteiger partial charge < -0.3 is 19.4 Å². The van der Waals surface area contributed by atoms with Gasteiger partial charge in [-0.1, -0.05) is 23.7 Å². The van der Waals surface area contributed by atoms with Crippen LogP contribution in [0, 0.1) is 5.82 Å². The lowest BCUT2D eigenvalue weighted by Crippen LogP contribution is -2.51. The summed E-state index contributed by atoms with van der Waals surface area (Å²) in [6.45, 7) is 4.77. The van der Waals surface area contributed by atoms with Crippen LogP contribution in [0.2, 0.25) is 5.02 Å². The summed E-state index contributed by atoms with van der Waals surface area (Å²) < 4.78 is 52.3. The first-order valence-electron chi connectivity index (χ1n) is 10.8. The van der Waals surface area contributed by atoms with Crippen molar-refractivity contribution in [2.24, 2.45) is 0 Å². The van der Waals surface area contributed by atoms with Crippen LogP contribution in [0.15, 0.2) is 50.5 Å². The number of anilines is 1. The second kappa shape index (κ2) is 10.0. The zero-order chi connectivity index (χ0) is 27.1. The minimum Gasteiger partial charge on any atom is -0.444 e. The molecule has 1 aromatic heterocycles. The highest BCUT2D eigenvalue weighted by molar-refractivity contribution is 9.10. The van der Waals surface area contributed by atoms with Gasteiger partial charge in [-0.3, -0.25) is 4.79 Å². The van der Waals surface area contributed by atoms with E-state index in [4.69, 9.17) is 20.8 Å². The van der Waals surface area contributed by atoms with Crippen LogP contribution in [0.3, 0.4) is 0 Å². The molecule has 0 radical (unpaired) electrons. The normalized spacial score (nSPS) is 17.2. The standard InChI is InChI=1S/C23H21BrClFN4O6S/c1-23(2,3)36-22(32)27-16-11-37(33,34)18-9-15(26)14(19-28-29-21(24)35-19)8-17(18)30(20(16)31)10-12-4-6-13(25)7-5-12/h4-9,16H,10-11H2,1-3H3,(H,27,32)/t16-/m0/s1. The molecular formula is C23H21BrClFN4O6S. The Bertz CT molecular complexity index is 1470. The lowest BCUT2D eigenvalue weighted by Gasteiger charge is -2.27. The summed E-state index contributed by atoms with van der Waals surface area (Å²) in [5.41, 5.74) is -0.608. The maximum Gasteiger partial charge on any atom is 0.408 e. The molecule has 1 N–H and O–H groups in total. The molecule has 1 atom stereocenters. The van der Waals surface area contributed by atoms with Gasteiger partial charge in [-0.25, -0.2) is 17.6 Å². The Morgan fingerprint density at radius 1 is 1.27 bits per heavy atom. The third kappa shape index (κ3) is 6.11. The van der Waals surface area contributed by atoms with Crippen LogP contribution in [0.1, 0.15) is 26.3 Å². The molecule has 2 amide bonds. The first kappa shape index (κ1) is 27.0. The number of nitrogens with one attached hydrogen (secondary N) is 1. The predicted octanol–water partition coefficient (Wildman–Crippen LogP) is 4.51. The van der Waals surface area contributed by atoms with Gasteiger partial charge in [-0.15, -0.1) is 10.2 Å². The van der Waals surface area contributed by atoms with Crippen LogP contribution in [-0.2, 0) is 25.9 Å². The van der Waals surface area contributed by atoms with E-state index in [0.717, 1.165) is 17.0 Å². The molecule has 14 heteroatoms. The number of halogens is 3. The van der Waals surface area contributed by atoms with E-state index in [9.17, 15) is 18.0 Å². The van der Waals surface area contributed by atoms with Crippen molar-refractivity contribution in [2.75, 3.05) is 10.7 Å². The van der Waals surface area contributed by atoms with E-state index in [0.29, 0.717) is 10.6 Å². The maximum absolute atomic E-state index is 15.1. The quantitative estimate of drug-likeness (QED) is 0.454. The van der Waals surface area contributed by atoms with E-state index in [1.54, 1.807) is 45.0 Å². The van der Waals surface area contributed by atoms with E-state index in [2.05, 4.69) is 31.4 Å². The van der Waals surface area contributed by atoms with E-state index >= 15 is 4.39 Å². The second-order valence-electron chi connectivity index (χ2n) is 9.19. The average Bonchev–Trinajstić information content (AvgIpc) is 3.19. The van der Waals surface area contributed by atoms with Crippen molar-refractivity contribution >= 4 is 55.1 Å². The largest absolute Gasteiger partial charge is 0.444 e. The molecule has 0 bridgehead atoms. The summed E-state index contributed by atoms with van der Waals surface area (Å²) in [5.74, 6) is -2.72. The number of benzene rings is 2.